The summed E-state index contributed by atoms with van der Waals surface area (Å²) in [6.07, 6.45) is -0.499. The van der Waals surface area contributed by atoms with Crippen LogP contribution in [0.15, 0.2) is 48.5 Å². The van der Waals surface area contributed by atoms with Crippen LogP contribution in [-0.2, 0) is 11.3 Å². The van der Waals surface area contributed by atoms with Gasteiger partial charge in [-0.2, -0.15) is 0 Å². The average molecular weight is 425 g/mol. The van der Waals surface area contributed by atoms with Crippen molar-refractivity contribution in [1.29, 1.82) is 0 Å². The molecule has 1 aliphatic heterocycles. The molecule has 0 aliphatic carbocycles. The fourth-order valence-electron chi connectivity index (χ4n) is 3.45. The average Bonchev–Trinajstić information content (AvgIpc) is 3.17. The van der Waals surface area contributed by atoms with Gasteiger partial charge in [0.05, 0.1) is 23.4 Å². The van der Waals surface area contributed by atoms with Gasteiger partial charge in [-0.3, -0.25) is 15.0 Å². The van der Waals surface area contributed by atoms with Crippen molar-refractivity contribution in [1.82, 2.24) is 14.8 Å². The fourth-order valence-corrected chi connectivity index (χ4v) is 4.46. The molecule has 1 aromatic heterocycles. The molecule has 0 saturated carbocycles. The number of fused-ring (bicyclic) bond motifs is 1. The normalized spacial score (nSPS) is 14.6. The monoisotopic (exact) mass is 424 g/mol. The van der Waals surface area contributed by atoms with Crippen LogP contribution >= 0.6 is 11.3 Å². The molecule has 30 heavy (non-hydrogen) atoms. The molecule has 1 saturated heterocycles. The van der Waals surface area contributed by atoms with Crippen LogP contribution in [0.2, 0.25) is 0 Å². The molecule has 0 spiro atoms. The zero-order valence-electron chi connectivity index (χ0n) is 16.8. The highest BCUT2D eigenvalue weighted by Gasteiger charge is 2.23. The number of para-hydroxylation sites is 1. The van der Waals surface area contributed by atoms with Crippen molar-refractivity contribution in [2.24, 2.45) is 0 Å². The molecule has 7 nitrogen and oxygen atoms in total. The number of amides is 2. The number of carbonyl (C=O) groups excluding carboxylic acids is 2. The van der Waals surface area contributed by atoms with Crippen LogP contribution in [0.3, 0.4) is 0 Å². The van der Waals surface area contributed by atoms with E-state index >= 15 is 0 Å². The zero-order valence-corrected chi connectivity index (χ0v) is 17.7. The summed E-state index contributed by atoms with van der Waals surface area (Å²) >= 11 is 1.73. The quantitative estimate of drug-likeness (QED) is 0.674. The van der Waals surface area contributed by atoms with Gasteiger partial charge in [-0.1, -0.05) is 12.1 Å². The van der Waals surface area contributed by atoms with Gasteiger partial charge in [-0.05, 0) is 43.3 Å². The molecule has 2 amide bonds. The third kappa shape index (κ3) is 4.77. The second-order valence-corrected chi connectivity index (χ2v) is 8.18. The molecule has 156 valence electrons. The summed E-state index contributed by atoms with van der Waals surface area (Å²) in [6, 6.07) is 15.1. The van der Waals surface area contributed by atoms with E-state index in [9.17, 15) is 9.59 Å². The van der Waals surface area contributed by atoms with Crippen molar-refractivity contribution in [2.75, 3.05) is 38.1 Å². The predicted octanol–water partition coefficient (Wildman–Crippen LogP) is 3.82. The number of nitrogens with zero attached hydrogens (tertiary/aromatic N) is 3. The van der Waals surface area contributed by atoms with Gasteiger partial charge in [0.1, 0.15) is 5.01 Å². The lowest BCUT2D eigenvalue weighted by molar-refractivity contribution is 0.0628. The molecular formula is C22H24N4O3S. The minimum absolute atomic E-state index is 0.0114. The fraction of sp³-hybridized carbons (Fsp3) is 0.318. The number of benzene rings is 2. The van der Waals surface area contributed by atoms with E-state index in [0.29, 0.717) is 30.9 Å². The molecule has 2 heterocycles. The number of aromatic nitrogens is 1. The maximum atomic E-state index is 12.8. The molecule has 0 bridgehead atoms. The van der Waals surface area contributed by atoms with Crippen molar-refractivity contribution < 1.29 is 14.3 Å². The van der Waals surface area contributed by atoms with Crippen molar-refractivity contribution >= 4 is 39.2 Å². The van der Waals surface area contributed by atoms with Crippen molar-refractivity contribution in [3.63, 3.8) is 0 Å². The Bertz CT molecular complexity index is 993. The third-order valence-corrected chi connectivity index (χ3v) is 6.03. The smallest absolute Gasteiger partial charge is 0.411 e. The Balaban J connectivity index is 1.30. The van der Waals surface area contributed by atoms with Gasteiger partial charge in [0.15, 0.2) is 0 Å². The van der Waals surface area contributed by atoms with Crippen LogP contribution in [0.1, 0.15) is 22.3 Å². The Morgan fingerprint density at radius 3 is 2.50 bits per heavy atom. The number of anilines is 1. The zero-order chi connectivity index (χ0) is 20.9. The lowest BCUT2D eigenvalue weighted by Gasteiger charge is -2.34. The van der Waals surface area contributed by atoms with E-state index in [1.807, 2.05) is 23.1 Å². The van der Waals surface area contributed by atoms with E-state index in [1.165, 1.54) is 4.70 Å². The number of hydrogen-bond acceptors (Lipinski definition) is 6. The summed E-state index contributed by atoms with van der Waals surface area (Å²) in [6.45, 7) is 5.90. The van der Waals surface area contributed by atoms with Crippen molar-refractivity contribution in [2.45, 2.75) is 13.5 Å². The van der Waals surface area contributed by atoms with Gasteiger partial charge in [0.25, 0.3) is 5.91 Å². The number of hydrogen-bond donors (Lipinski definition) is 1. The first-order valence-electron chi connectivity index (χ1n) is 10.0. The predicted molar refractivity (Wildman–Crippen MR) is 118 cm³/mol. The Kier molecular flexibility index (Phi) is 6.25. The first-order chi connectivity index (χ1) is 14.6. The first-order valence-corrected chi connectivity index (χ1v) is 10.8. The maximum Gasteiger partial charge on any atom is 0.411 e. The van der Waals surface area contributed by atoms with Crippen molar-refractivity contribution in [3.05, 3.63) is 59.1 Å². The second-order valence-electron chi connectivity index (χ2n) is 7.07. The van der Waals surface area contributed by atoms with Crippen LogP contribution in [0.25, 0.3) is 10.2 Å². The number of piperazine rings is 1. The minimum atomic E-state index is -0.499. The van der Waals surface area contributed by atoms with Gasteiger partial charge in [0, 0.05) is 37.4 Å². The van der Waals surface area contributed by atoms with E-state index in [0.717, 1.165) is 30.2 Å². The summed E-state index contributed by atoms with van der Waals surface area (Å²) in [5.41, 5.74) is 2.27. The van der Waals surface area contributed by atoms with Gasteiger partial charge in [-0.15, -0.1) is 11.3 Å². The highest BCUT2D eigenvalue weighted by Crippen LogP contribution is 2.23. The Morgan fingerprint density at radius 2 is 1.80 bits per heavy atom. The molecule has 8 heteroatoms. The Hall–Kier alpha value is -2.97. The van der Waals surface area contributed by atoms with E-state index in [1.54, 1.807) is 42.5 Å². The van der Waals surface area contributed by atoms with Crippen LogP contribution in [0, 0.1) is 0 Å². The third-order valence-electron chi connectivity index (χ3n) is 5.01. The Labute approximate surface area is 179 Å². The molecule has 1 aliphatic rings. The van der Waals surface area contributed by atoms with E-state index in [2.05, 4.69) is 16.3 Å². The summed E-state index contributed by atoms with van der Waals surface area (Å²) in [4.78, 5) is 33.2. The number of carbonyl (C=O) groups is 2. The molecule has 0 atom stereocenters. The largest absolute Gasteiger partial charge is 0.450 e. The molecule has 0 unspecified atom stereocenters. The number of nitrogens with one attached hydrogen (secondary N) is 1. The van der Waals surface area contributed by atoms with Gasteiger partial charge in [0.2, 0.25) is 0 Å². The van der Waals surface area contributed by atoms with E-state index < -0.39 is 6.09 Å². The van der Waals surface area contributed by atoms with Gasteiger partial charge < -0.3 is 9.64 Å². The molecule has 4 rings (SSSR count). The van der Waals surface area contributed by atoms with Crippen LogP contribution in [0.4, 0.5) is 10.5 Å². The minimum Gasteiger partial charge on any atom is -0.450 e. The first kappa shape index (κ1) is 20.3. The lowest BCUT2D eigenvalue weighted by atomic mass is 10.1. The van der Waals surface area contributed by atoms with E-state index in [-0.39, 0.29) is 5.91 Å². The van der Waals surface area contributed by atoms with E-state index in [4.69, 9.17) is 9.72 Å². The molecule has 1 fully saturated rings. The lowest BCUT2D eigenvalue weighted by Crippen LogP contribution is -2.48. The van der Waals surface area contributed by atoms with Crippen LogP contribution in [-0.4, -0.2) is 59.6 Å². The highest BCUT2D eigenvalue weighted by atomic mass is 32.1. The molecule has 0 radical (unpaired) electrons. The summed E-state index contributed by atoms with van der Waals surface area (Å²) in [7, 11) is 0. The topological polar surface area (TPSA) is 74.8 Å². The second kappa shape index (κ2) is 9.23. The maximum absolute atomic E-state index is 12.8. The Morgan fingerprint density at radius 1 is 1.07 bits per heavy atom. The summed E-state index contributed by atoms with van der Waals surface area (Å²) in [5.74, 6) is 0.0114. The molecule has 3 aromatic rings. The SMILES string of the molecule is CCOC(=O)Nc1ccc(C(=O)N2CCN(Cc3nc4ccccc4s3)CC2)cc1. The number of ether oxygens (including phenoxy) is 1. The molecular weight excluding hydrogens is 400 g/mol. The molecule has 1 N–H and O–H groups in total. The standard InChI is InChI=1S/C22H24N4O3S/c1-2-29-22(28)23-17-9-7-16(8-10-17)21(27)26-13-11-25(12-14-26)15-20-24-18-5-3-4-6-19(18)30-20/h3-10H,2,11-15H2,1H3,(H,23,28). The van der Waals surface area contributed by atoms with Gasteiger partial charge >= 0.3 is 6.09 Å². The van der Waals surface area contributed by atoms with Crippen LogP contribution in [0.5, 0.6) is 0 Å². The van der Waals surface area contributed by atoms with Gasteiger partial charge in [-0.25, -0.2) is 9.78 Å². The van der Waals surface area contributed by atoms with Crippen molar-refractivity contribution in [3.8, 4) is 0 Å². The summed E-state index contributed by atoms with van der Waals surface area (Å²) in [5, 5.41) is 3.74. The summed E-state index contributed by atoms with van der Waals surface area (Å²) < 4.78 is 6.07. The highest BCUT2D eigenvalue weighted by molar-refractivity contribution is 7.18. The van der Waals surface area contributed by atoms with Crippen LogP contribution < -0.4 is 5.32 Å². The number of thiazole rings is 1. The molecule has 2 aromatic carbocycles. The number of rotatable bonds is 5.